The maximum atomic E-state index is 6.58. The third-order valence-corrected chi connectivity index (χ3v) is 14.2. The van der Waals surface area contributed by atoms with Crippen LogP contribution in [0.1, 0.15) is 0 Å². The number of aromatic nitrogens is 4. The second-order valence-corrected chi connectivity index (χ2v) is 18.2. The van der Waals surface area contributed by atoms with Gasteiger partial charge in [-0.2, -0.15) is 0 Å². The molecule has 0 aliphatic rings. The molecule has 0 fully saturated rings. The molecule has 5 heterocycles. The van der Waals surface area contributed by atoms with Crippen LogP contribution in [0.15, 0.2) is 239 Å². The summed E-state index contributed by atoms with van der Waals surface area (Å²) in [6.07, 6.45) is 0. The van der Waals surface area contributed by atoms with Crippen molar-refractivity contribution < 1.29 is 8.83 Å². The van der Waals surface area contributed by atoms with Crippen LogP contribution in [0.5, 0.6) is 0 Å². The van der Waals surface area contributed by atoms with Crippen molar-refractivity contribution in [2.24, 2.45) is 0 Å². The third-order valence-electron chi connectivity index (χ3n) is 14.2. The first-order valence-corrected chi connectivity index (χ1v) is 23.9. The van der Waals surface area contributed by atoms with Gasteiger partial charge in [0.2, 0.25) is 0 Å². The van der Waals surface area contributed by atoms with Crippen molar-refractivity contribution in [1.29, 1.82) is 0 Å². The van der Waals surface area contributed by atoms with Crippen LogP contribution in [-0.2, 0) is 0 Å². The molecule has 15 aromatic rings. The smallest absolute Gasteiger partial charge is 0.160 e. The number of pyridine rings is 1. The van der Waals surface area contributed by atoms with E-state index in [1.54, 1.807) is 0 Å². The lowest BCUT2D eigenvalue weighted by Gasteiger charge is -2.15. The SMILES string of the molecule is c1ccc(-c2nc3c(-c4ccc(-c5nc(-c6cccc7c6oc6ccccc67)cc(-c6cccc7c6oc6ccccc67)n5)cc4)cccc3c3c2ccc2c3c3ccccc3n2-c2ccccc2)cc1. The van der Waals surface area contributed by atoms with E-state index in [0.29, 0.717) is 5.82 Å². The molecule has 0 amide bonds. The van der Waals surface area contributed by atoms with Gasteiger partial charge in [0.15, 0.2) is 5.82 Å². The molecule has 0 bridgehead atoms. The van der Waals surface area contributed by atoms with E-state index in [0.717, 1.165) is 127 Å². The number of hydrogen-bond donors (Lipinski definition) is 0. The Morgan fingerprint density at radius 1 is 0.324 bits per heavy atom. The Hall–Kier alpha value is -9.65. The number of fused-ring (bicyclic) bond motifs is 13. The number of para-hydroxylation sites is 7. The lowest BCUT2D eigenvalue weighted by molar-refractivity contribution is 0.669. The van der Waals surface area contributed by atoms with E-state index >= 15 is 0 Å². The van der Waals surface area contributed by atoms with Crippen molar-refractivity contribution in [2.45, 2.75) is 0 Å². The van der Waals surface area contributed by atoms with Gasteiger partial charge in [0.05, 0.1) is 33.6 Å². The van der Waals surface area contributed by atoms with Crippen LogP contribution in [-0.4, -0.2) is 19.5 Å². The second-order valence-electron chi connectivity index (χ2n) is 18.2. The summed E-state index contributed by atoms with van der Waals surface area (Å²) in [5, 5.41) is 10.0. The highest BCUT2D eigenvalue weighted by Crippen LogP contribution is 2.45. The minimum Gasteiger partial charge on any atom is -0.455 e. The van der Waals surface area contributed by atoms with Gasteiger partial charge in [0.1, 0.15) is 22.3 Å². The van der Waals surface area contributed by atoms with Crippen molar-refractivity contribution in [3.63, 3.8) is 0 Å². The van der Waals surface area contributed by atoms with Gasteiger partial charge in [0, 0.05) is 82.0 Å². The van der Waals surface area contributed by atoms with E-state index in [2.05, 4.69) is 199 Å². The lowest BCUT2D eigenvalue weighted by atomic mass is 9.93. The molecule has 0 unspecified atom stereocenters. The predicted octanol–water partition coefficient (Wildman–Crippen LogP) is 17.4. The Bertz CT molecular complexity index is 4490. The molecule has 0 saturated carbocycles. The van der Waals surface area contributed by atoms with Gasteiger partial charge in [-0.1, -0.05) is 176 Å². The van der Waals surface area contributed by atoms with Crippen LogP contribution >= 0.6 is 0 Å². The predicted molar refractivity (Wildman–Crippen MR) is 291 cm³/mol. The van der Waals surface area contributed by atoms with E-state index in [-0.39, 0.29) is 0 Å². The maximum Gasteiger partial charge on any atom is 0.160 e. The molecule has 0 aliphatic heterocycles. The third kappa shape index (κ3) is 6.05. The van der Waals surface area contributed by atoms with E-state index < -0.39 is 0 Å². The summed E-state index contributed by atoms with van der Waals surface area (Å²) in [6, 6.07) is 80.7. The number of nitrogens with zero attached hydrogens (tertiary/aromatic N) is 4. The standard InChI is InChI=1S/C65H38N4O2/c1-3-16-40(17-4-1)61-52-36-37-56-60(50-22-7-10-29-55(50)69(56)42-18-5-2-6-19-42)59(52)51-28-13-23-43(62(51)68-61)39-32-34-41(35-33-39)65-66-53(48-26-14-24-46-44-20-8-11-30-57(44)70-63(46)48)38-54(67-65)49-27-15-25-47-45-21-9-12-31-58(45)71-64(47)49/h1-38H. The largest absolute Gasteiger partial charge is 0.455 e. The molecular weight excluding hydrogens is 869 g/mol. The molecule has 5 aromatic heterocycles. The molecule has 0 N–H and O–H groups in total. The Labute approximate surface area is 406 Å². The number of hydrogen-bond acceptors (Lipinski definition) is 5. The number of benzene rings is 10. The highest BCUT2D eigenvalue weighted by molar-refractivity contribution is 6.30. The van der Waals surface area contributed by atoms with Gasteiger partial charge in [0.25, 0.3) is 0 Å². The topological polar surface area (TPSA) is 69.9 Å². The van der Waals surface area contributed by atoms with Crippen molar-refractivity contribution >= 4 is 87.4 Å². The summed E-state index contributed by atoms with van der Waals surface area (Å²) in [7, 11) is 0. The van der Waals surface area contributed by atoms with Gasteiger partial charge in [-0.25, -0.2) is 15.0 Å². The van der Waals surface area contributed by atoms with Crippen LogP contribution in [0.4, 0.5) is 0 Å². The molecule has 6 nitrogen and oxygen atoms in total. The summed E-state index contributed by atoms with van der Waals surface area (Å²) in [5.74, 6) is 0.593. The first-order valence-electron chi connectivity index (χ1n) is 23.9. The zero-order valence-electron chi connectivity index (χ0n) is 38.0. The minimum absolute atomic E-state index is 0.593. The fourth-order valence-corrected chi connectivity index (χ4v) is 11.0. The summed E-state index contributed by atoms with van der Waals surface area (Å²) >= 11 is 0. The van der Waals surface area contributed by atoms with Gasteiger partial charge in [-0.3, -0.25) is 0 Å². The molecule has 0 saturated heterocycles. The van der Waals surface area contributed by atoms with E-state index in [1.807, 2.05) is 36.4 Å². The first kappa shape index (κ1) is 39.4. The fourth-order valence-electron chi connectivity index (χ4n) is 11.0. The Morgan fingerprint density at radius 3 is 1.52 bits per heavy atom. The van der Waals surface area contributed by atoms with E-state index in [9.17, 15) is 0 Å². The summed E-state index contributed by atoms with van der Waals surface area (Å²) in [6.45, 7) is 0. The van der Waals surface area contributed by atoms with E-state index in [4.69, 9.17) is 23.8 Å². The van der Waals surface area contributed by atoms with Crippen LogP contribution in [0.25, 0.3) is 149 Å². The molecule has 15 rings (SSSR count). The molecule has 0 atom stereocenters. The number of furan rings is 2. The maximum absolute atomic E-state index is 6.58. The molecule has 6 heteroatoms. The lowest BCUT2D eigenvalue weighted by Crippen LogP contribution is -1.97. The molecule has 0 spiro atoms. The highest BCUT2D eigenvalue weighted by Gasteiger charge is 2.23. The minimum atomic E-state index is 0.593. The van der Waals surface area contributed by atoms with Crippen molar-refractivity contribution in [3.8, 4) is 62.0 Å². The molecule has 10 aromatic carbocycles. The summed E-state index contributed by atoms with van der Waals surface area (Å²) in [4.78, 5) is 16.3. The molecular formula is C65H38N4O2. The Morgan fingerprint density at radius 2 is 0.859 bits per heavy atom. The quantitative estimate of drug-likeness (QED) is 0.155. The van der Waals surface area contributed by atoms with Gasteiger partial charge in [-0.15, -0.1) is 0 Å². The average Bonchev–Trinajstić information content (AvgIpc) is 4.13. The molecule has 330 valence electrons. The highest BCUT2D eigenvalue weighted by atomic mass is 16.3. The normalized spacial score (nSPS) is 11.9. The molecule has 0 radical (unpaired) electrons. The van der Waals surface area contributed by atoms with Crippen LogP contribution in [0, 0.1) is 0 Å². The average molecular weight is 907 g/mol. The van der Waals surface area contributed by atoms with Crippen molar-refractivity contribution in [2.75, 3.05) is 0 Å². The first-order chi connectivity index (χ1) is 35.2. The molecule has 0 aliphatic carbocycles. The fraction of sp³-hybridized carbons (Fsp3) is 0. The van der Waals surface area contributed by atoms with Gasteiger partial charge < -0.3 is 13.4 Å². The van der Waals surface area contributed by atoms with Crippen LogP contribution in [0.2, 0.25) is 0 Å². The second kappa shape index (κ2) is 15.4. The van der Waals surface area contributed by atoms with E-state index in [1.165, 1.54) is 16.2 Å². The summed E-state index contributed by atoms with van der Waals surface area (Å²) in [5.41, 5.74) is 15.9. The Balaban J connectivity index is 0.936. The Kier molecular flexibility index (Phi) is 8.56. The van der Waals surface area contributed by atoms with Crippen LogP contribution < -0.4 is 0 Å². The number of rotatable bonds is 6. The zero-order chi connectivity index (χ0) is 46.6. The summed E-state index contributed by atoms with van der Waals surface area (Å²) < 4.78 is 15.6. The zero-order valence-corrected chi connectivity index (χ0v) is 38.0. The van der Waals surface area contributed by atoms with Gasteiger partial charge >= 0.3 is 0 Å². The monoisotopic (exact) mass is 906 g/mol. The van der Waals surface area contributed by atoms with Gasteiger partial charge in [-0.05, 0) is 60.2 Å². The van der Waals surface area contributed by atoms with Crippen molar-refractivity contribution in [1.82, 2.24) is 19.5 Å². The molecule has 71 heavy (non-hydrogen) atoms. The van der Waals surface area contributed by atoms with Crippen molar-refractivity contribution in [3.05, 3.63) is 231 Å². The van der Waals surface area contributed by atoms with Crippen LogP contribution in [0.3, 0.4) is 0 Å².